The molecule has 0 saturated carbocycles. The van der Waals surface area contributed by atoms with Crippen LogP contribution in [0.15, 0.2) is 60.8 Å². The van der Waals surface area contributed by atoms with E-state index in [4.69, 9.17) is 21.3 Å². The minimum Gasteiger partial charge on any atom is -0.494 e. The highest BCUT2D eigenvalue weighted by atomic mass is 35.5. The van der Waals surface area contributed by atoms with E-state index in [-0.39, 0.29) is 12.3 Å². The Morgan fingerprint density at radius 3 is 2.65 bits per heavy atom. The summed E-state index contributed by atoms with van der Waals surface area (Å²) in [6, 6.07) is 17.1. The van der Waals surface area contributed by atoms with Crippen LogP contribution in [0.5, 0.6) is 5.75 Å². The number of amides is 1. The first-order chi connectivity index (χ1) is 15.0. The van der Waals surface area contributed by atoms with Gasteiger partial charge in [-0.05, 0) is 61.4 Å². The van der Waals surface area contributed by atoms with E-state index < -0.39 is 0 Å². The number of benzene rings is 2. The minimum atomic E-state index is -0.0439. The molecule has 0 radical (unpaired) electrons. The molecule has 0 atom stereocenters. The second-order valence-electron chi connectivity index (χ2n) is 7.07. The molecule has 0 fully saturated rings. The molecule has 158 valence electrons. The van der Waals surface area contributed by atoms with E-state index >= 15 is 0 Å². The summed E-state index contributed by atoms with van der Waals surface area (Å²) in [5, 5.41) is 1.31. The first kappa shape index (κ1) is 21.3. The number of pyridine rings is 1. The third-order valence-corrected chi connectivity index (χ3v) is 6.36. The molecule has 2 heterocycles. The number of ether oxygens (including phenoxy) is 1. The first-order valence-electron chi connectivity index (χ1n) is 10.0. The maximum Gasteiger partial charge on any atom is 0.233 e. The lowest BCUT2D eigenvalue weighted by molar-refractivity contribution is -0.118. The smallest absolute Gasteiger partial charge is 0.233 e. The van der Waals surface area contributed by atoms with Crippen molar-refractivity contribution >= 4 is 44.2 Å². The Labute approximate surface area is 190 Å². The van der Waals surface area contributed by atoms with Crippen LogP contribution in [0.3, 0.4) is 0 Å². The van der Waals surface area contributed by atoms with Crippen LogP contribution in [-0.2, 0) is 17.8 Å². The number of carbonyl (C=O) groups is 1. The number of aryl methyl sites for hydroxylation is 1. The predicted molar refractivity (Wildman–Crippen MR) is 126 cm³/mol. The zero-order chi connectivity index (χ0) is 21.8. The second kappa shape index (κ2) is 9.45. The molecule has 5 nitrogen and oxygen atoms in total. The lowest BCUT2D eigenvalue weighted by Crippen LogP contribution is -2.32. The van der Waals surface area contributed by atoms with Gasteiger partial charge in [-0.25, -0.2) is 4.98 Å². The summed E-state index contributed by atoms with van der Waals surface area (Å²) in [5.74, 6) is 0.750. The summed E-state index contributed by atoms with van der Waals surface area (Å²) in [4.78, 5) is 24.2. The molecule has 0 aliphatic carbocycles. The molecule has 1 amide bonds. The zero-order valence-corrected chi connectivity index (χ0v) is 18.9. The molecule has 0 spiro atoms. The van der Waals surface area contributed by atoms with E-state index in [2.05, 4.69) is 4.98 Å². The van der Waals surface area contributed by atoms with Crippen LogP contribution in [0.1, 0.15) is 23.7 Å². The van der Waals surface area contributed by atoms with Gasteiger partial charge < -0.3 is 4.74 Å². The van der Waals surface area contributed by atoms with Gasteiger partial charge in [-0.2, -0.15) is 0 Å². The highest BCUT2D eigenvalue weighted by Gasteiger charge is 2.22. The third-order valence-electron chi connectivity index (χ3n) is 4.90. The molecule has 0 bridgehead atoms. The number of aromatic nitrogens is 2. The number of rotatable bonds is 7. The SMILES string of the molecule is CCOc1ccc(CC(=O)N(Cc2ccccn2)c2nc3c(C)c(Cl)ccc3s2)cc1. The molecule has 31 heavy (non-hydrogen) atoms. The van der Waals surface area contributed by atoms with Crippen molar-refractivity contribution in [3.05, 3.63) is 82.6 Å². The summed E-state index contributed by atoms with van der Waals surface area (Å²) in [7, 11) is 0. The maximum atomic E-state index is 13.4. The summed E-state index contributed by atoms with van der Waals surface area (Å²) in [6.45, 7) is 4.85. The van der Waals surface area contributed by atoms with Crippen LogP contribution in [0.4, 0.5) is 5.13 Å². The minimum absolute atomic E-state index is 0.0439. The lowest BCUT2D eigenvalue weighted by Gasteiger charge is -2.19. The fourth-order valence-electron chi connectivity index (χ4n) is 3.26. The fraction of sp³-hybridized carbons (Fsp3) is 0.208. The molecular formula is C24H22ClN3O2S. The van der Waals surface area contributed by atoms with Crippen molar-refractivity contribution in [2.24, 2.45) is 0 Å². The molecule has 4 aromatic rings. The quantitative estimate of drug-likeness (QED) is 0.355. The van der Waals surface area contributed by atoms with Crippen LogP contribution in [-0.4, -0.2) is 22.5 Å². The number of carbonyl (C=O) groups excluding carboxylic acids is 1. The van der Waals surface area contributed by atoms with Gasteiger partial charge in [-0.1, -0.05) is 41.1 Å². The Hall–Kier alpha value is -2.96. The maximum absolute atomic E-state index is 13.4. The number of thiazole rings is 1. The van der Waals surface area contributed by atoms with E-state index in [9.17, 15) is 4.79 Å². The average molecular weight is 452 g/mol. The Morgan fingerprint density at radius 2 is 1.94 bits per heavy atom. The van der Waals surface area contributed by atoms with Crippen molar-refractivity contribution in [1.29, 1.82) is 0 Å². The zero-order valence-electron chi connectivity index (χ0n) is 17.3. The standard InChI is InChI=1S/C24H22ClN3O2S/c1-3-30-19-9-7-17(8-10-19)14-22(29)28(15-18-6-4-5-13-26-18)24-27-23-16(2)20(25)11-12-21(23)31-24/h4-13H,3,14-15H2,1-2H3. The molecule has 2 aromatic carbocycles. The van der Waals surface area contributed by atoms with Crippen molar-refractivity contribution in [2.45, 2.75) is 26.8 Å². The van der Waals surface area contributed by atoms with Gasteiger partial charge in [-0.15, -0.1) is 0 Å². The first-order valence-corrected chi connectivity index (χ1v) is 11.2. The van der Waals surface area contributed by atoms with E-state index in [1.165, 1.54) is 11.3 Å². The number of hydrogen-bond donors (Lipinski definition) is 0. The van der Waals surface area contributed by atoms with Gasteiger partial charge in [0.2, 0.25) is 5.91 Å². The van der Waals surface area contributed by atoms with Crippen LogP contribution in [0.2, 0.25) is 5.02 Å². The monoisotopic (exact) mass is 451 g/mol. The van der Waals surface area contributed by atoms with Gasteiger partial charge in [0.05, 0.1) is 35.5 Å². The van der Waals surface area contributed by atoms with E-state index in [0.29, 0.717) is 23.3 Å². The molecule has 4 rings (SSSR count). The van der Waals surface area contributed by atoms with Crippen molar-refractivity contribution in [2.75, 3.05) is 11.5 Å². The van der Waals surface area contributed by atoms with Gasteiger partial charge in [0.1, 0.15) is 5.75 Å². The Morgan fingerprint density at radius 1 is 1.13 bits per heavy atom. The number of hydrogen-bond acceptors (Lipinski definition) is 5. The molecule has 0 N–H and O–H groups in total. The number of fused-ring (bicyclic) bond motifs is 1. The lowest BCUT2D eigenvalue weighted by atomic mass is 10.1. The average Bonchev–Trinajstić information content (AvgIpc) is 3.21. The molecule has 7 heteroatoms. The van der Waals surface area contributed by atoms with Crippen molar-refractivity contribution < 1.29 is 9.53 Å². The van der Waals surface area contributed by atoms with Gasteiger partial charge in [0.15, 0.2) is 5.13 Å². The highest BCUT2D eigenvalue weighted by molar-refractivity contribution is 7.22. The summed E-state index contributed by atoms with van der Waals surface area (Å²) in [6.07, 6.45) is 1.99. The van der Waals surface area contributed by atoms with Gasteiger partial charge >= 0.3 is 0 Å². The fourth-order valence-corrected chi connectivity index (χ4v) is 4.45. The summed E-state index contributed by atoms with van der Waals surface area (Å²) >= 11 is 7.76. The molecule has 2 aromatic heterocycles. The number of halogens is 1. The van der Waals surface area contributed by atoms with Gasteiger partial charge in [0.25, 0.3) is 0 Å². The second-order valence-corrected chi connectivity index (χ2v) is 8.49. The molecule has 0 saturated heterocycles. The highest BCUT2D eigenvalue weighted by Crippen LogP contribution is 2.34. The Kier molecular flexibility index (Phi) is 6.49. The van der Waals surface area contributed by atoms with Crippen LogP contribution >= 0.6 is 22.9 Å². The molecule has 0 aliphatic rings. The van der Waals surface area contributed by atoms with Crippen LogP contribution < -0.4 is 9.64 Å². The number of nitrogens with zero attached hydrogens (tertiary/aromatic N) is 3. The van der Waals surface area contributed by atoms with E-state index in [1.807, 2.05) is 68.4 Å². The predicted octanol–water partition coefficient (Wildman–Crippen LogP) is 5.83. The summed E-state index contributed by atoms with van der Waals surface area (Å²) in [5.41, 5.74) is 3.46. The van der Waals surface area contributed by atoms with Gasteiger partial charge in [-0.3, -0.25) is 14.7 Å². The van der Waals surface area contributed by atoms with Crippen molar-refractivity contribution in [3.8, 4) is 5.75 Å². The normalized spacial score (nSPS) is 10.9. The van der Waals surface area contributed by atoms with Crippen molar-refractivity contribution in [3.63, 3.8) is 0 Å². The molecule has 0 aliphatic heterocycles. The largest absolute Gasteiger partial charge is 0.494 e. The van der Waals surface area contributed by atoms with Crippen LogP contribution in [0.25, 0.3) is 10.2 Å². The Balaban J connectivity index is 1.65. The van der Waals surface area contributed by atoms with Gasteiger partial charge in [0, 0.05) is 11.2 Å². The topological polar surface area (TPSA) is 55.3 Å². The number of anilines is 1. The molecular weight excluding hydrogens is 430 g/mol. The van der Waals surface area contributed by atoms with E-state index in [1.54, 1.807) is 11.1 Å². The molecule has 0 unspecified atom stereocenters. The van der Waals surface area contributed by atoms with Crippen LogP contribution in [0, 0.1) is 6.92 Å². The van der Waals surface area contributed by atoms with Crippen molar-refractivity contribution in [1.82, 2.24) is 9.97 Å². The van der Waals surface area contributed by atoms with E-state index in [0.717, 1.165) is 32.8 Å². The third kappa shape index (κ3) is 4.86. The Bertz CT molecular complexity index is 1190. The summed E-state index contributed by atoms with van der Waals surface area (Å²) < 4.78 is 6.49.